The van der Waals surface area contributed by atoms with Gasteiger partial charge < -0.3 is 0 Å². The number of H-pyrrole nitrogens is 1. The van der Waals surface area contributed by atoms with E-state index in [0.717, 1.165) is 17.0 Å². The number of hydrogen-bond acceptors (Lipinski definition) is 2. The number of hydrogen-bond donors (Lipinski definition) is 2. The van der Waals surface area contributed by atoms with Gasteiger partial charge in [0.1, 0.15) is 0 Å². The zero-order valence-corrected chi connectivity index (χ0v) is 13.5. The molecule has 4 nitrogen and oxygen atoms in total. The Balaban J connectivity index is 1.62. The molecule has 2 heterocycles. The van der Waals surface area contributed by atoms with Crippen LogP contribution in [0.1, 0.15) is 23.5 Å². The molecule has 5 heteroatoms. The molecule has 4 unspecified atom stereocenters. The predicted octanol–water partition coefficient (Wildman–Crippen LogP) is 1.73. The van der Waals surface area contributed by atoms with E-state index in [1.54, 1.807) is 0 Å². The van der Waals surface area contributed by atoms with Crippen LogP contribution in [0.2, 0.25) is 4.71 Å². The molecule has 1 amide bonds. The van der Waals surface area contributed by atoms with Gasteiger partial charge in [-0.05, 0) is 0 Å². The van der Waals surface area contributed by atoms with Crippen LogP contribution in [-0.4, -0.2) is 40.6 Å². The Morgan fingerprint density at radius 1 is 1.40 bits per heavy atom. The summed E-state index contributed by atoms with van der Waals surface area (Å²) in [5.74, 6) is 0.744. The van der Waals surface area contributed by atoms with E-state index in [-0.39, 0.29) is 12.1 Å². The van der Waals surface area contributed by atoms with Crippen molar-refractivity contribution in [3.8, 4) is 0 Å². The Morgan fingerprint density at radius 2 is 2.25 bits per heavy atom. The van der Waals surface area contributed by atoms with Crippen molar-refractivity contribution in [3.63, 3.8) is 0 Å². The van der Waals surface area contributed by atoms with Crippen LogP contribution in [0.5, 0.6) is 0 Å². The summed E-state index contributed by atoms with van der Waals surface area (Å²) < 4.78 is 5.81. The van der Waals surface area contributed by atoms with E-state index in [9.17, 15) is 4.79 Å². The van der Waals surface area contributed by atoms with Crippen molar-refractivity contribution in [3.05, 3.63) is 35.5 Å². The summed E-state index contributed by atoms with van der Waals surface area (Å²) >= 11 is 1.85. The van der Waals surface area contributed by atoms with Gasteiger partial charge in [-0.15, -0.1) is 0 Å². The molecular weight excluding hydrogens is 315 g/mol. The molecule has 2 fully saturated rings. The molecule has 104 valence electrons. The summed E-state index contributed by atoms with van der Waals surface area (Å²) in [5, 5.41) is 4.18. The van der Waals surface area contributed by atoms with Crippen LogP contribution < -0.4 is 5.32 Å². The molecule has 0 spiro atoms. The standard InChI is InChI=1S/C15H17AsN2O2/c16-13-5-10(13)12-6-17-14-2-1-8(4-11(12)14)3-9-7-20-15(19)18-9/h1-2,4,6,9-10,13,17H,3,5,7,16H2,(H,18,19). The molecule has 2 aromatic rings. The van der Waals surface area contributed by atoms with Crippen molar-refractivity contribution >= 4 is 33.8 Å². The first-order valence-corrected chi connectivity index (χ1v) is 8.39. The molecule has 4 atom stereocenters. The summed E-state index contributed by atoms with van der Waals surface area (Å²) in [7, 11) is 0. The number of rotatable bonds is 3. The third kappa shape index (κ3) is 2.12. The normalized spacial score (nSPS) is 28.4. The van der Waals surface area contributed by atoms with Crippen molar-refractivity contribution in [1.29, 1.82) is 0 Å². The minimum atomic E-state index is -0.299. The number of aromatic amines is 1. The average Bonchev–Trinajstić information content (AvgIpc) is 2.85. The molecule has 1 saturated heterocycles. The van der Waals surface area contributed by atoms with Gasteiger partial charge in [0.2, 0.25) is 0 Å². The molecule has 20 heavy (non-hydrogen) atoms. The van der Waals surface area contributed by atoms with Gasteiger partial charge in [-0.2, -0.15) is 0 Å². The van der Waals surface area contributed by atoms with Gasteiger partial charge in [-0.25, -0.2) is 0 Å². The zero-order valence-electron chi connectivity index (χ0n) is 11.1. The molecule has 1 aromatic carbocycles. The first-order valence-electron chi connectivity index (χ1n) is 6.99. The zero-order chi connectivity index (χ0) is 13.7. The third-order valence-electron chi connectivity index (χ3n) is 4.24. The predicted molar refractivity (Wildman–Crippen MR) is 79.9 cm³/mol. The number of benzene rings is 1. The van der Waals surface area contributed by atoms with E-state index >= 15 is 0 Å². The molecule has 1 aromatic heterocycles. The number of carbonyl (C=O) groups is 1. The van der Waals surface area contributed by atoms with Crippen LogP contribution >= 0.6 is 0 Å². The molecule has 4 rings (SSSR count). The van der Waals surface area contributed by atoms with E-state index in [1.807, 2.05) is 16.9 Å². The monoisotopic (exact) mass is 332 g/mol. The number of nitrogens with one attached hydrogen (secondary N) is 2. The van der Waals surface area contributed by atoms with E-state index < -0.39 is 0 Å². The minimum absolute atomic E-state index is 0.102. The number of cyclic esters (lactones) is 1. The van der Waals surface area contributed by atoms with E-state index in [4.69, 9.17) is 4.74 Å². The van der Waals surface area contributed by atoms with Crippen LogP contribution in [0.25, 0.3) is 10.9 Å². The summed E-state index contributed by atoms with van der Waals surface area (Å²) in [4.78, 5) is 14.4. The molecule has 1 aliphatic carbocycles. The fourth-order valence-corrected chi connectivity index (χ4v) is 4.07. The van der Waals surface area contributed by atoms with Crippen molar-refractivity contribution in [2.45, 2.75) is 29.5 Å². The van der Waals surface area contributed by atoms with Crippen molar-refractivity contribution in [2.75, 3.05) is 6.61 Å². The molecule has 2 aliphatic rings. The number of aromatic nitrogens is 1. The van der Waals surface area contributed by atoms with Crippen LogP contribution in [0, 0.1) is 0 Å². The van der Waals surface area contributed by atoms with E-state index in [1.165, 1.54) is 28.5 Å². The van der Waals surface area contributed by atoms with E-state index in [2.05, 4.69) is 34.7 Å². The average molecular weight is 332 g/mol. The maximum absolute atomic E-state index is 11.1. The summed E-state index contributed by atoms with van der Waals surface area (Å²) in [6.45, 7) is 0.471. The van der Waals surface area contributed by atoms with Gasteiger partial charge in [-0.3, -0.25) is 0 Å². The Bertz CT molecular complexity index is 682. The fraction of sp³-hybridized carbons (Fsp3) is 0.400. The van der Waals surface area contributed by atoms with Gasteiger partial charge in [-0.1, -0.05) is 0 Å². The van der Waals surface area contributed by atoms with Crippen molar-refractivity contribution in [1.82, 2.24) is 10.3 Å². The summed E-state index contributed by atoms with van der Waals surface area (Å²) in [6, 6.07) is 6.65. The Hall–Kier alpha value is -1.41. The topological polar surface area (TPSA) is 54.1 Å². The van der Waals surface area contributed by atoms with Crippen LogP contribution in [0.4, 0.5) is 4.79 Å². The van der Waals surface area contributed by atoms with Crippen molar-refractivity contribution < 1.29 is 9.53 Å². The Labute approximate surface area is 125 Å². The first kappa shape index (κ1) is 12.3. The number of amides is 1. The summed E-state index contributed by atoms with van der Waals surface area (Å²) in [6.07, 6.45) is 4.02. The summed E-state index contributed by atoms with van der Waals surface area (Å²) in [5.41, 5.74) is 3.93. The number of carbonyl (C=O) groups excluding carboxylic acids is 1. The van der Waals surface area contributed by atoms with Gasteiger partial charge in [0.15, 0.2) is 0 Å². The van der Waals surface area contributed by atoms with Gasteiger partial charge in [0.25, 0.3) is 0 Å². The number of fused-ring (bicyclic) bond motifs is 1. The first-order chi connectivity index (χ1) is 9.70. The Morgan fingerprint density at radius 3 is 2.95 bits per heavy atom. The van der Waals surface area contributed by atoms with Gasteiger partial charge in [0, 0.05) is 0 Å². The molecule has 1 aliphatic heterocycles. The molecule has 0 radical (unpaired) electrons. The fourth-order valence-electron chi connectivity index (χ4n) is 3.02. The maximum atomic E-state index is 11.1. The quantitative estimate of drug-likeness (QED) is 0.841. The number of ether oxygens (including phenoxy) is 1. The van der Waals surface area contributed by atoms with Crippen LogP contribution in [0.15, 0.2) is 24.4 Å². The molecule has 1 saturated carbocycles. The van der Waals surface area contributed by atoms with Gasteiger partial charge >= 0.3 is 125 Å². The third-order valence-corrected chi connectivity index (χ3v) is 5.78. The molecule has 0 bridgehead atoms. The SMILES string of the molecule is O=C1NC(Cc2ccc3[nH]cc(C4CC4[AsH2])c3c2)CO1. The van der Waals surface area contributed by atoms with Crippen LogP contribution in [-0.2, 0) is 11.2 Å². The number of alkyl carbamates (subject to hydrolysis) is 1. The van der Waals surface area contributed by atoms with Crippen molar-refractivity contribution in [2.24, 2.45) is 0 Å². The molecule has 2 N–H and O–H groups in total. The van der Waals surface area contributed by atoms with Crippen LogP contribution in [0.3, 0.4) is 0 Å². The molecular formula is C15H17AsN2O2. The van der Waals surface area contributed by atoms with Gasteiger partial charge in [0.05, 0.1) is 0 Å². The second-order valence-corrected chi connectivity index (χ2v) is 7.57. The second-order valence-electron chi connectivity index (χ2n) is 5.77. The second kappa shape index (κ2) is 4.56. The van der Waals surface area contributed by atoms with E-state index in [0.29, 0.717) is 6.61 Å². The Kier molecular flexibility index (Phi) is 2.81.